The molecule has 0 aliphatic heterocycles. The van der Waals surface area contributed by atoms with E-state index >= 15 is 0 Å². The van der Waals surface area contributed by atoms with E-state index in [2.05, 4.69) is 27.5 Å². The molecule has 1 atom stereocenters. The summed E-state index contributed by atoms with van der Waals surface area (Å²) in [7, 11) is 0. The third kappa shape index (κ3) is 5.29. The quantitative estimate of drug-likeness (QED) is 0.694. The largest absolute Gasteiger partial charge is 0.341 e. The highest BCUT2D eigenvalue weighted by Gasteiger charge is 2.16. The highest BCUT2D eigenvalue weighted by molar-refractivity contribution is 6.01. The maximum atomic E-state index is 12.4. The van der Waals surface area contributed by atoms with Gasteiger partial charge in [0.1, 0.15) is 11.7 Å². The summed E-state index contributed by atoms with van der Waals surface area (Å²) in [6.07, 6.45) is 1.69. The summed E-state index contributed by atoms with van der Waals surface area (Å²) in [5.41, 5.74) is 2.55. The topological polar surface area (TPSA) is 71.1 Å². The molecule has 1 unspecified atom stereocenters. The second-order valence-corrected chi connectivity index (χ2v) is 6.10. The van der Waals surface area contributed by atoms with Gasteiger partial charge < -0.3 is 10.6 Å². The van der Waals surface area contributed by atoms with Gasteiger partial charge in [-0.1, -0.05) is 36.3 Å². The fourth-order valence-corrected chi connectivity index (χ4v) is 2.43. The molecule has 0 radical (unpaired) electrons. The first-order valence-electron chi connectivity index (χ1n) is 8.82. The lowest BCUT2D eigenvalue weighted by Gasteiger charge is -2.14. The van der Waals surface area contributed by atoms with Crippen LogP contribution in [0.4, 0.5) is 5.69 Å². The van der Waals surface area contributed by atoms with E-state index in [0.717, 1.165) is 5.56 Å². The Labute approximate surface area is 163 Å². The van der Waals surface area contributed by atoms with E-state index in [4.69, 9.17) is 0 Å². The van der Waals surface area contributed by atoms with Gasteiger partial charge in [0.2, 0.25) is 5.91 Å². The number of carbonyl (C=O) groups is 2. The summed E-state index contributed by atoms with van der Waals surface area (Å²) in [5.74, 6) is 5.40. The Kier molecular flexibility index (Phi) is 6.17. The highest BCUT2D eigenvalue weighted by Crippen LogP contribution is 2.10. The molecule has 0 aliphatic carbocycles. The van der Waals surface area contributed by atoms with Crippen LogP contribution >= 0.6 is 0 Å². The molecule has 5 nitrogen and oxygen atoms in total. The third-order valence-corrected chi connectivity index (χ3v) is 3.91. The van der Waals surface area contributed by atoms with E-state index in [0.29, 0.717) is 16.9 Å². The molecule has 2 aromatic carbocycles. The first-order valence-corrected chi connectivity index (χ1v) is 8.82. The maximum Gasteiger partial charge on any atom is 0.251 e. The van der Waals surface area contributed by atoms with Crippen molar-refractivity contribution in [3.05, 3.63) is 95.8 Å². The molecule has 0 bridgehead atoms. The Morgan fingerprint density at radius 3 is 2.46 bits per heavy atom. The number of benzene rings is 2. The molecule has 3 aromatic rings. The Hall–Kier alpha value is -3.91. The van der Waals surface area contributed by atoms with Crippen LogP contribution in [0.25, 0.3) is 0 Å². The summed E-state index contributed by atoms with van der Waals surface area (Å²) >= 11 is 0. The number of rotatable bonds is 4. The molecule has 0 fully saturated rings. The van der Waals surface area contributed by atoms with E-state index in [-0.39, 0.29) is 11.8 Å². The highest BCUT2D eigenvalue weighted by atomic mass is 16.2. The number of carbonyl (C=O) groups excluding carboxylic acids is 2. The zero-order chi connectivity index (χ0) is 19.8. The summed E-state index contributed by atoms with van der Waals surface area (Å²) in [6.45, 7) is 1.64. The normalized spacial score (nSPS) is 10.9. The van der Waals surface area contributed by atoms with Crippen molar-refractivity contribution in [2.45, 2.75) is 13.0 Å². The van der Waals surface area contributed by atoms with Crippen molar-refractivity contribution >= 4 is 17.5 Å². The fourth-order valence-electron chi connectivity index (χ4n) is 2.43. The van der Waals surface area contributed by atoms with Crippen molar-refractivity contribution in [2.75, 3.05) is 5.32 Å². The minimum Gasteiger partial charge on any atom is -0.341 e. The third-order valence-electron chi connectivity index (χ3n) is 3.91. The minimum absolute atomic E-state index is 0.293. The zero-order valence-corrected chi connectivity index (χ0v) is 15.3. The number of hydrogen-bond donors (Lipinski definition) is 2. The second kappa shape index (κ2) is 9.15. The van der Waals surface area contributed by atoms with Gasteiger partial charge in [0.15, 0.2) is 0 Å². The predicted octanol–water partition coefficient (Wildman–Crippen LogP) is 3.24. The van der Waals surface area contributed by atoms with Crippen LogP contribution in [0.3, 0.4) is 0 Å². The smallest absolute Gasteiger partial charge is 0.251 e. The SMILES string of the molecule is CC(NC(=O)c1ccccc1)C(=O)Nc1cccc(C#Cc2ccccn2)c1. The Bertz CT molecular complexity index is 1020. The van der Waals surface area contributed by atoms with Gasteiger partial charge in [-0.2, -0.15) is 0 Å². The van der Waals surface area contributed by atoms with Gasteiger partial charge in [-0.05, 0) is 55.3 Å². The molecular formula is C23H19N3O2. The van der Waals surface area contributed by atoms with E-state index in [9.17, 15) is 9.59 Å². The fraction of sp³-hybridized carbons (Fsp3) is 0.0870. The molecule has 1 heterocycles. The van der Waals surface area contributed by atoms with Crippen LogP contribution in [0.15, 0.2) is 79.0 Å². The number of nitrogens with one attached hydrogen (secondary N) is 2. The van der Waals surface area contributed by atoms with Gasteiger partial charge in [0.25, 0.3) is 5.91 Å². The minimum atomic E-state index is -0.684. The van der Waals surface area contributed by atoms with Crippen LogP contribution in [0, 0.1) is 11.8 Å². The average Bonchev–Trinajstić information content (AvgIpc) is 2.74. The van der Waals surface area contributed by atoms with Crippen LogP contribution in [0.1, 0.15) is 28.5 Å². The van der Waals surface area contributed by atoms with E-state index in [1.807, 2.05) is 36.4 Å². The van der Waals surface area contributed by atoms with Gasteiger partial charge in [-0.3, -0.25) is 9.59 Å². The Morgan fingerprint density at radius 2 is 1.71 bits per heavy atom. The van der Waals surface area contributed by atoms with Crippen molar-refractivity contribution in [1.29, 1.82) is 0 Å². The van der Waals surface area contributed by atoms with Crippen LogP contribution in [0.2, 0.25) is 0 Å². The molecule has 0 aliphatic rings. The lowest BCUT2D eigenvalue weighted by Crippen LogP contribution is -2.41. The maximum absolute atomic E-state index is 12.4. The molecule has 2 N–H and O–H groups in total. The van der Waals surface area contributed by atoms with Crippen LogP contribution in [0.5, 0.6) is 0 Å². The van der Waals surface area contributed by atoms with Gasteiger partial charge in [0.05, 0.1) is 0 Å². The van der Waals surface area contributed by atoms with E-state index in [1.165, 1.54) is 0 Å². The molecule has 138 valence electrons. The Balaban J connectivity index is 1.62. The number of pyridine rings is 1. The first-order chi connectivity index (χ1) is 13.6. The van der Waals surface area contributed by atoms with Gasteiger partial charge in [-0.15, -0.1) is 0 Å². The van der Waals surface area contributed by atoms with Crippen molar-refractivity contribution in [2.24, 2.45) is 0 Å². The lowest BCUT2D eigenvalue weighted by atomic mass is 10.1. The zero-order valence-electron chi connectivity index (χ0n) is 15.3. The van der Waals surface area contributed by atoms with Gasteiger partial charge in [-0.25, -0.2) is 4.98 Å². The molecule has 2 amide bonds. The van der Waals surface area contributed by atoms with Gasteiger partial charge >= 0.3 is 0 Å². The summed E-state index contributed by atoms with van der Waals surface area (Å²) in [4.78, 5) is 28.7. The molecule has 3 rings (SSSR count). The molecule has 0 spiro atoms. The standard InChI is InChI=1S/C23H19N3O2/c1-17(25-23(28)19-9-3-2-4-10-19)22(27)26-21-12-7-8-18(16-21)13-14-20-11-5-6-15-24-20/h2-12,15-17H,1H3,(H,25,28)(H,26,27). The number of amides is 2. The number of hydrogen-bond acceptors (Lipinski definition) is 3. The van der Waals surface area contributed by atoms with Crippen molar-refractivity contribution in [3.63, 3.8) is 0 Å². The summed E-state index contributed by atoms with van der Waals surface area (Å²) in [6, 6.07) is 20.8. The summed E-state index contributed by atoms with van der Waals surface area (Å²) in [5, 5.41) is 5.49. The molecule has 28 heavy (non-hydrogen) atoms. The van der Waals surface area contributed by atoms with Crippen molar-refractivity contribution < 1.29 is 9.59 Å². The van der Waals surface area contributed by atoms with E-state index < -0.39 is 6.04 Å². The van der Waals surface area contributed by atoms with Crippen LogP contribution in [-0.4, -0.2) is 22.8 Å². The molecule has 5 heteroatoms. The Morgan fingerprint density at radius 1 is 0.929 bits per heavy atom. The molecule has 0 saturated heterocycles. The van der Waals surface area contributed by atoms with Crippen molar-refractivity contribution in [1.82, 2.24) is 10.3 Å². The first kappa shape index (κ1) is 18.9. The summed E-state index contributed by atoms with van der Waals surface area (Å²) < 4.78 is 0. The predicted molar refractivity (Wildman–Crippen MR) is 109 cm³/mol. The average molecular weight is 369 g/mol. The van der Waals surface area contributed by atoms with Crippen LogP contribution < -0.4 is 10.6 Å². The second-order valence-electron chi connectivity index (χ2n) is 6.10. The molecule has 0 saturated carbocycles. The molecule has 1 aromatic heterocycles. The number of anilines is 1. The number of aromatic nitrogens is 1. The van der Waals surface area contributed by atoms with E-state index in [1.54, 1.807) is 49.5 Å². The van der Waals surface area contributed by atoms with Gasteiger partial charge in [0, 0.05) is 23.0 Å². The monoisotopic (exact) mass is 369 g/mol. The lowest BCUT2D eigenvalue weighted by molar-refractivity contribution is -0.117. The number of nitrogens with zero attached hydrogens (tertiary/aromatic N) is 1. The van der Waals surface area contributed by atoms with Crippen molar-refractivity contribution in [3.8, 4) is 11.8 Å². The molecular weight excluding hydrogens is 350 g/mol. The van der Waals surface area contributed by atoms with Crippen LogP contribution in [-0.2, 0) is 4.79 Å².